The first kappa shape index (κ1) is 13.5. The van der Waals surface area contributed by atoms with Crippen molar-refractivity contribution >= 4 is 17.3 Å². The highest BCUT2D eigenvalue weighted by Gasteiger charge is 2.14. The van der Waals surface area contributed by atoms with Crippen LogP contribution in [-0.2, 0) is 6.54 Å². The molecule has 2 N–H and O–H groups in total. The average molecular weight is 277 g/mol. The zero-order chi connectivity index (χ0) is 14.5. The maximum atomic E-state index is 11.1. The standard InChI is InChI=1S/C11H11N5O4/c17-11(18)9-2-1-8(16(19)20)7-10(9)12-3-5-15-6-4-13-14-15/h1-2,4,6-7,12H,3,5H2,(H,17,18). The molecular weight excluding hydrogens is 266 g/mol. The number of nitrogens with zero attached hydrogens (tertiary/aromatic N) is 4. The molecule has 0 fully saturated rings. The molecule has 0 radical (unpaired) electrons. The number of hydrogen-bond acceptors (Lipinski definition) is 6. The maximum absolute atomic E-state index is 11.1. The van der Waals surface area contributed by atoms with Crippen molar-refractivity contribution in [2.24, 2.45) is 0 Å². The molecule has 9 nitrogen and oxygen atoms in total. The minimum atomic E-state index is -1.15. The predicted molar refractivity (Wildman–Crippen MR) is 68.6 cm³/mol. The van der Waals surface area contributed by atoms with Crippen LogP contribution in [0, 0.1) is 10.1 Å². The highest BCUT2D eigenvalue weighted by Crippen LogP contribution is 2.22. The van der Waals surface area contributed by atoms with Crippen LogP contribution in [0.5, 0.6) is 0 Å². The molecule has 20 heavy (non-hydrogen) atoms. The Morgan fingerprint density at radius 3 is 2.90 bits per heavy atom. The van der Waals surface area contributed by atoms with Crippen molar-refractivity contribution in [3.8, 4) is 0 Å². The van der Waals surface area contributed by atoms with Gasteiger partial charge in [0.15, 0.2) is 0 Å². The molecule has 0 amide bonds. The average Bonchev–Trinajstić information content (AvgIpc) is 2.91. The molecule has 104 valence electrons. The third kappa shape index (κ3) is 3.07. The molecule has 0 unspecified atom stereocenters. The van der Waals surface area contributed by atoms with Gasteiger partial charge in [-0.15, -0.1) is 5.10 Å². The van der Waals surface area contributed by atoms with Crippen molar-refractivity contribution in [1.29, 1.82) is 0 Å². The number of nitro groups is 1. The third-order valence-electron chi connectivity index (χ3n) is 2.57. The summed E-state index contributed by atoms with van der Waals surface area (Å²) in [4.78, 5) is 21.2. The number of non-ortho nitro benzene ring substituents is 1. The van der Waals surface area contributed by atoms with E-state index < -0.39 is 10.9 Å². The molecule has 9 heteroatoms. The second kappa shape index (κ2) is 5.78. The number of carboxylic acids is 1. The van der Waals surface area contributed by atoms with Crippen LogP contribution in [0.2, 0.25) is 0 Å². The fourth-order valence-corrected chi connectivity index (χ4v) is 1.64. The van der Waals surface area contributed by atoms with Gasteiger partial charge in [0.1, 0.15) is 0 Å². The first-order valence-electron chi connectivity index (χ1n) is 5.67. The van der Waals surface area contributed by atoms with E-state index in [4.69, 9.17) is 5.11 Å². The minimum Gasteiger partial charge on any atom is -0.478 e. The molecule has 1 heterocycles. The first-order chi connectivity index (χ1) is 9.58. The molecule has 0 aliphatic heterocycles. The Balaban J connectivity index is 2.13. The molecule has 2 aromatic rings. The van der Waals surface area contributed by atoms with Gasteiger partial charge in [0.05, 0.1) is 28.9 Å². The van der Waals surface area contributed by atoms with Gasteiger partial charge in [0, 0.05) is 24.9 Å². The van der Waals surface area contributed by atoms with E-state index >= 15 is 0 Å². The summed E-state index contributed by atoms with van der Waals surface area (Å²) in [5, 5.41) is 30.0. The van der Waals surface area contributed by atoms with Crippen LogP contribution in [0.1, 0.15) is 10.4 Å². The Hall–Kier alpha value is -2.97. The van der Waals surface area contributed by atoms with Crippen molar-refractivity contribution in [2.75, 3.05) is 11.9 Å². The van der Waals surface area contributed by atoms with Crippen LogP contribution in [0.4, 0.5) is 11.4 Å². The van der Waals surface area contributed by atoms with Crippen LogP contribution >= 0.6 is 0 Å². The lowest BCUT2D eigenvalue weighted by molar-refractivity contribution is -0.384. The number of carboxylic acid groups (broad SMARTS) is 1. The topological polar surface area (TPSA) is 123 Å². The number of aromatic carboxylic acids is 1. The number of benzene rings is 1. The lowest BCUT2D eigenvalue weighted by atomic mass is 10.1. The van der Waals surface area contributed by atoms with E-state index in [2.05, 4.69) is 15.6 Å². The van der Waals surface area contributed by atoms with Crippen molar-refractivity contribution in [2.45, 2.75) is 6.54 Å². The largest absolute Gasteiger partial charge is 0.478 e. The van der Waals surface area contributed by atoms with E-state index in [-0.39, 0.29) is 16.9 Å². The smallest absolute Gasteiger partial charge is 0.337 e. The lowest BCUT2D eigenvalue weighted by Crippen LogP contribution is -2.13. The van der Waals surface area contributed by atoms with Gasteiger partial charge in [0.2, 0.25) is 0 Å². The Morgan fingerprint density at radius 1 is 1.50 bits per heavy atom. The molecule has 1 aromatic carbocycles. The van der Waals surface area contributed by atoms with Gasteiger partial charge >= 0.3 is 5.97 Å². The van der Waals surface area contributed by atoms with Crippen LogP contribution in [0.25, 0.3) is 0 Å². The van der Waals surface area contributed by atoms with E-state index in [1.807, 2.05) is 0 Å². The summed E-state index contributed by atoms with van der Waals surface area (Å²) in [6.45, 7) is 0.826. The Labute approximate surface area is 113 Å². The second-order valence-corrected chi connectivity index (χ2v) is 3.89. The highest BCUT2D eigenvalue weighted by molar-refractivity contribution is 5.94. The van der Waals surface area contributed by atoms with Gasteiger partial charge in [-0.05, 0) is 6.07 Å². The van der Waals surface area contributed by atoms with Gasteiger partial charge in [-0.2, -0.15) is 0 Å². The normalized spacial score (nSPS) is 10.2. The van der Waals surface area contributed by atoms with Gasteiger partial charge in [-0.25, -0.2) is 4.79 Å². The summed E-state index contributed by atoms with van der Waals surface area (Å²) in [6, 6.07) is 3.56. The Kier molecular flexibility index (Phi) is 3.89. The van der Waals surface area contributed by atoms with Gasteiger partial charge in [-0.1, -0.05) is 5.21 Å². The molecule has 1 aromatic heterocycles. The van der Waals surface area contributed by atoms with Gasteiger partial charge in [0.25, 0.3) is 5.69 Å². The second-order valence-electron chi connectivity index (χ2n) is 3.89. The summed E-state index contributed by atoms with van der Waals surface area (Å²) in [5.74, 6) is -1.15. The number of rotatable bonds is 6. The summed E-state index contributed by atoms with van der Waals surface area (Å²) in [7, 11) is 0. The van der Waals surface area contributed by atoms with Crippen molar-refractivity contribution in [3.05, 3.63) is 46.3 Å². The van der Waals surface area contributed by atoms with Gasteiger partial charge in [-0.3, -0.25) is 14.8 Å². The number of anilines is 1. The summed E-state index contributed by atoms with van der Waals surface area (Å²) >= 11 is 0. The number of carbonyl (C=O) groups is 1. The quantitative estimate of drug-likeness (QED) is 0.596. The van der Waals surface area contributed by atoms with Crippen molar-refractivity contribution < 1.29 is 14.8 Å². The van der Waals surface area contributed by atoms with E-state index in [0.717, 1.165) is 6.07 Å². The van der Waals surface area contributed by atoms with Crippen LogP contribution < -0.4 is 5.32 Å². The van der Waals surface area contributed by atoms with E-state index in [0.29, 0.717) is 13.1 Å². The van der Waals surface area contributed by atoms with Gasteiger partial charge < -0.3 is 10.4 Å². The number of hydrogen-bond donors (Lipinski definition) is 2. The Bertz CT molecular complexity index is 626. The third-order valence-corrected chi connectivity index (χ3v) is 2.57. The van der Waals surface area contributed by atoms with E-state index in [1.165, 1.54) is 18.3 Å². The summed E-state index contributed by atoms with van der Waals surface area (Å²) in [5.41, 5.74) is 0.0132. The molecule has 0 aliphatic rings. The number of nitrogens with one attached hydrogen (secondary N) is 1. The van der Waals surface area contributed by atoms with E-state index in [9.17, 15) is 14.9 Å². The lowest BCUT2D eigenvalue weighted by Gasteiger charge is -2.09. The van der Waals surface area contributed by atoms with E-state index in [1.54, 1.807) is 10.9 Å². The fourth-order valence-electron chi connectivity index (χ4n) is 1.64. The predicted octanol–water partition coefficient (Wildman–Crippen LogP) is 0.997. The monoisotopic (exact) mass is 277 g/mol. The van der Waals surface area contributed by atoms with Crippen LogP contribution in [0.15, 0.2) is 30.6 Å². The summed E-state index contributed by atoms with van der Waals surface area (Å²) < 4.78 is 1.56. The molecule has 0 atom stereocenters. The van der Waals surface area contributed by atoms with Crippen molar-refractivity contribution in [3.63, 3.8) is 0 Å². The summed E-state index contributed by atoms with van der Waals surface area (Å²) in [6.07, 6.45) is 3.18. The number of aromatic nitrogens is 3. The molecule has 0 saturated carbocycles. The zero-order valence-corrected chi connectivity index (χ0v) is 10.3. The van der Waals surface area contributed by atoms with Crippen LogP contribution in [0.3, 0.4) is 0 Å². The molecule has 2 rings (SSSR count). The Morgan fingerprint density at radius 2 is 2.30 bits per heavy atom. The molecule has 0 spiro atoms. The molecule has 0 bridgehead atoms. The molecule has 0 aliphatic carbocycles. The fraction of sp³-hybridized carbons (Fsp3) is 0.182. The first-order valence-corrected chi connectivity index (χ1v) is 5.67. The maximum Gasteiger partial charge on any atom is 0.337 e. The molecular formula is C11H11N5O4. The zero-order valence-electron chi connectivity index (χ0n) is 10.3. The van der Waals surface area contributed by atoms with Crippen molar-refractivity contribution in [1.82, 2.24) is 15.0 Å². The molecule has 0 saturated heterocycles. The van der Waals surface area contributed by atoms with Crippen LogP contribution in [-0.4, -0.2) is 37.5 Å². The minimum absolute atomic E-state index is 0.0193. The number of nitro benzene ring substituents is 1. The highest BCUT2D eigenvalue weighted by atomic mass is 16.6. The SMILES string of the molecule is O=C(O)c1ccc([N+](=O)[O-])cc1NCCn1ccnn1.